The Morgan fingerprint density at radius 2 is 2.16 bits per heavy atom. The van der Waals surface area contributed by atoms with Crippen molar-refractivity contribution < 1.29 is 0 Å². The predicted molar refractivity (Wildman–Crippen MR) is 81.6 cm³/mol. The van der Waals surface area contributed by atoms with E-state index in [2.05, 4.69) is 37.1 Å². The molecule has 106 valence electrons. The molecule has 3 nitrogen and oxygen atoms in total. The number of anilines is 1. The molecule has 3 heteroatoms. The largest absolute Gasteiger partial charge is 0.356 e. The lowest BCUT2D eigenvalue weighted by molar-refractivity contribution is 0.672. The first-order valence-electron chi connectivity index (χ1n) is 7.65. The third-order valence-electron chi connectivity index (χ3n) is 3.72. The lowest BCUT2D eigenvalue weighted by Crippen LogP contribution is -2.27. The summed E-state index contributed by atoms with van der Waals surface area (Å²) in [5.41, 5.74) is 2.59. The Morgan fingerprint density at radius 1 is 1.37 bits per heavy atom. The Labute approximate surface area is 117 Å². The van der Waals surface area contributed by atoms with E-state index in [0.717, 1.165) is 25.6 Å². The van der Waals surface area contributed by atoms with Crippen molar-refractivity contribution in [3.05, 3.63) is 23.4 Å². The topological polar surface area (TPSA) is 28.2 Å². The second-order valence-electron chi connectivity index (χ2n) is 5.64. The molecule has 0 amide bonds. The molecule has 1 fully saturated rings. The molecule has 1 N–H and O–H groups in total. The van der Waals surface area contributed by atoms with E-state index >= 15 is 0 Å². The van der Waals surface area contributed by atoms with Gasteiger partial charge in [-0.1, -0.05) is 6.92 Å². The van der Waals surface area contributed by atoms with Gasteiger partial charge in [-0.15, -0.1) is 0 Å². The minimum Gasteiger partial charge on any atom is -0.356 e. The zero-order valence-electron chi connectivity index (χ0n) is 12.6. The molecule has 0 aromatic carbocycles. The van der Waals surface area contributed by atoms with E-state index in [-0.39, 0.29) is 0 Å². The molecule has 0 aliphatic heterocycles. The van der Waals surface area contributed by atoms with E-state index < -0.39 is 0 Å². The quantitative estimate of drug-likeness (QED) is 0.729. The highest BCUT2D eigenvalue weighted by molar-refractivity contribution is 5.47. The van der Waals surface area contributed by atoms with Gasteiger partial charge in [0.2, 0.25) is 0 Å². The second-order valence-corrected chi connectivity index (χ2v) is 5.64. The maximum absolute atomic E-state index is 4.69. The van der Waals surface area contributed by atoms with Gasteiger partial charge < -0.3 is 10.2 Å². The highest BCUT2D eigenvalue weighted by Crippen LogP contribution is 2.31. The van der Waals surface area contributed by atoms with E-state index in [1.165, 1.54) is 42.8 Å². The fourth-order valence-electron chi connectivity index (χ4n) is 2.44. The average molecular weight is 261 g/mol. The van der Waals surface area contributed by atoms with E-state index in [1.807, 2.05) is 6.20 Å². The molecule has 0 saturated heterocycles. The summed E-state index contributed by atoms with van der Waals surface area (Å²) in [6, 6.07) is 2.28. The van der Waals surface area contributed by atoms with Gasteiger partial charge in [-0.25, -0.2) is 4.98 Å². The molecule has 0 radical (unpaired) electrons. The van der Waals surface area contributed by atoms with Crippen LogP contribution in [0.4, 0.5) is 5.82 Å². The van der Waals surface area contributed by atoms with Crippen molar-refractivity contribution in [1.82, 2.24) is 10.3 Å². The van der Waals surface area contributed by atoms with Crippen molar-refractivity contribution >= 4 is 5.82 Å². The summed E-state index contributed by atoms with van der Waals surface area (Å²) in [5, 5.41) is 3.43. The van der Waals surface area contributed by atoms with Crippen molar-refractivity contribution in [3.8, 4) is 0 Å². The van der Waals surface area contributed by atoms with Gasteiger partial charge in [0.15, 0.2) is 0 Å². The summed E-state index contributed by atoms with van der Waals surface area (Å²) < 4.78 is 0. The van der Waals surface area contributed by atoms with Crippen molar-refractivity contribution in [2.75, 3.05) is 24.5 Å². The van der Waals surface area contributed by atoms with E-state index in [4.69, 9.17) is 4.98 Å². The van der Waals surface area contributed by atoms with Crippen molar-refractivity contribution in [3.63, 3.8) is 0 Å². The lowest BCUT2D eigenvalue weighted by Gasteiger charge is -2.24. The average Bonchev–Trinajstić information content (AvgIpc) is 3.21. The number of rotatable bonds is 8. The third kappa shape index (κ3) is 4.20. The fourth-order valence-corrected chi connectivity index (χ4v) is 2.44. The van der Waals surface area contributed by atoms with Crippen LogP contribution in [0.3, 0.4) is 0 Å². The fraction of sp³-hybridized carbons (Fsp3) is 0.688. The Hall–Kier alpha value is -1.09. The Kier molecular flexibility index (Phi) is 5.20. The summed E-state index contributed by atoms with van der Waals surface area (Å²) in [5.74, 6) is 2.08. The summed E-state index contributed by atoms with van der Waals surface area (Å²) in [6.07, 6.45) is 6.00. The summed E-state index contributed by atoms with van der Waals surface area (Å²) in [6.45, 7) is 10.8. The molecule has 1 aliphatic rings. The van der Waals surface area contributed by atoms with Crippen molar-refractivity contribution in [1.29, 1.82) is 0 Å². The molecule has 2 rings (SSSR count). The van der Waals surface area contributed by atoms with Crippen LogP contribution < -0.4 is 10.2 Å². The standard InChI is InChI=1S/C16H27N3/c1-4-8-17-10-15-9-13(3)16(18-11-15)19(5-2)12-14-6-7-14/h9,11,14,17H,4-8,10,12H2,1-3H3. The van der Waals surface area contributed by atoms with Gasteiger partial charge in [0.1, 0.15) is 5.82 Å². The molecule has 1 aromatic heterocycles. The SMILES string of the molecule is CCCNCc1cnc(N(CC)CC2CC2)c(C)c1. The number of aryl methyl sites for hydroxylation is 1. The molecular weight excluding hydrogens is 234 g/mol. The summed E-state index contributed by atoms with van der Waals surface area (Å²) in [7, 11) is 0. The van der Waals surface area contributed by atoms with Gasteiger partial charge in [0.05, 0.1) is 0 Å². The molecule has 1 aliphatic carbocycles. The van der Waals surface area contributed by atoms with Crippen LogP contribution in [0.1, 0.15) is 44.2 Å². The Balaban J connectivity index is 1.99. The van der Waals surface area contributed by atoms with Crippen molar-refractivity contribution in [2.24, 2.45) is 5.92 Å². The first-order chi connectivity index (χ1) is 9.24. The van der Waals surface area contributed by atoms with Gasteiger partial charge >= 0.3 is 0 Å². The molecular formula is C16H27N3. The van der Waals surface area contributed by atoms with Gasteiger partial charge in [0, 0.05) is 25.8 Å². The van der Waals surface area contributed by atoms with Crippen LogP contribution in [0.5, 0.6) is 0 Å². The van der Waals surface area contributed by atoms with Crippen LogP contribution in [0, 0.1) is 12.8 Å². The van der Waals surface area contributed by atoms with Crippen LogP contribution in [-0.4, -0.2) is 24.6 Å². The number of nitrogens with one attached hydrogen (secondary N) is 1. The maximum atomic E-state index is 4.69. The Morgan fingerprint density at radius 3 is 2.74 bits per heavy atom. The molecule has 1 saturated carbocycles. The van der Waals surface area contributed by atoms with E-state index in [1.54, 1.807) is 0 Å². The van der Waals surface area contributed by atoms with Gasteiger partial charge in [-0.2, -0.15) is 0 Å². The van der Waals surface area contributed by atoms with Crippen LogP contribution in [0.15, 0.2) is 12.3 Å². The number of aromatic nitrogens is 1. The minimum atomic E-state index is 0.909. The first-order valence-corrected chi connectivity index (χ1v) is 7.65. The van der Waals surface area contributed by atoms with E-state index in [9.17, 15) is 0 Å². The summed E-state index contributed by atoms with van der Waals surface area (Å²) >= 11 is 0. The monoisotopic (exact) mass is 261 g/mol. The molecule has 0 spiro atoms. The molecule has 1 aromatic rings. The van der Waals surface area contributed by atoms with Crippen LogP contribution in [0.25, 0.3) is 0 Å². The van der Waals surface area contributed by atoms with Crippen molar-refractivity contribution in [2.45, 2.75) is 46.6 Å². The van der Waals surface area contributed by atoms with Crippen LogP contribution >= 0.6 is 0 Å². The second kappa shape index (κ2) is 6.90. The third-order valence-corrected chi connectivity index (χ3v) is 3.72. The normalized spacial score (nSPS) is 14.7. The van der Waals surface area contributed by atoms with Crippen LogP contribution in [0.2, 0.25) is 0 Å². The van der Waals surface area contributed by atoms with Crippen LogP contribution in [-0.2, 0) is 6.54 Å². The number of hydrogen-bond donors (Lipinski definition) is 1. The van der Waals surface area contributed by atoms with Gasteiger partial charge in [-0.05, 0) is 62.8 Å². The number of pyridine rings is 1. The molecule has 0 atom stereocenters. The first kappa shape index (κ1) is 14.3. The zero-order chi connectivity index (χ0) is 13.7. The highest BCUT2D eigenvalue weighted by Gasteiger charge is 2.24. The predicted octanol–water partition coefficient (Wildman–Crippen LogP) is 3.13. The number of nitrogens with zero attached hydrogens (tertiary/aromatic N) is 2. The maximum Gasteiger partial charge on any atom is 0.131 e. The molecule has 0 bridgehead atoms. The minimum absolute atomic E-state index is 0.909. The molecule has 1 heterocycles. The molecule has 0 unspecified atom stereocenters. The van der Waals surface area contributed by atoms with Gasteiger partial charge in [0.25, 0.3) is 0 Å². The smallest absolute Gasteiger partial charge is 0.131 e. The molecule has 19 heavy (non-hydrogen) atoms. The lowest BCUT2D eigenvalue weighted by atomic mass is 10.2. The highest BCUT2D eigenvalue weighted by atomic mass is 15.2. The Bertz CT molecular complexity index is 399. The van der Waals surface area contributed by atoms with E-state index in [0.29, 0.717) is 0 Å². The van der Waals surface area contributed by atoms with Gasteiger partial charge in [-0.3, -0.25) is 0 Å². The number of hydrogen-bond acceptors (Lipinski definition) is 3. The summed E-state index contributed by atoms with van der Waals surface area (Å²) in [4.78, 5) is 7.12. The zero-order valence-corrected chi connectivity index (χ0v) is 12.6.